The minimum Gasteiger partial charge on any atom is -0.464 e. The normalized spacial score (nSPS) is 11.3. The molecule has 0 aliphatic rings. The van der Waals surface area contributed by atoms with Crippen molar-refractivity contribution in [3.05, 3.63) is 51.6 Å². The van der Waals surface area contributed by atoms with Gasteiger partial charge in [0.05, 0.1) is 18.3 Å². The molecular weight excluding hydrogens is 355 g/mol. The van der Waals surface area contributed by atoms with E-state index in [4.69, 9.17) is 4.74 Å². The number of nitrogens with zero attached hydrogens (tertiary/aromatic N) is 2. The van der Waals surface area contributed by atoms with Gasteiger partial charge in [-0.3, -0.25) is 14.2 Å². The van der Waals surface area contributed by atoms with Gasteiger partial charge < -0.3 is 4.74 Å². The highest BCUT2D eigenvalue weighted by molar-refractivity contribution is 7.19. The largest absolute Gasteiger partial charge is 0.464 e. The molecule has 0 saturated carbocycles. The van der Waals surface area contributed by atoms with E-state index < -0.39 is 5.97 Å². The monoisotopic (exact) mass is 374 g/mol. The Hall–Kier alpha value is -2.54. The number of aryl methyl sites for hydroxylation is 1. The second-order valence-corrected chi connectivity index (χ2v) is 7.68. The highest BCUT2D eigenvalue weighted by Gasteiger charge is 2.18. The van der Waals surface area contributed by atoms with Crippen molar-refractivity contribution in [1.29, 1.82) is 0 Å². The van der Waals surface area contributed by atoms with Crippen LogP contribution in [0.3, 0.4) is 0 Å². The summed E-state index contributed by atoms with van der Waals surface area (Å²) in [6.45, 7) is 5.89. The number of ether oxygens (including phenoxy) is 1. The number of carbonyl (C=O) groups is 1. The van der Waals surface area contributed by atoms with E-state index in [9.17, 15) is 14.0 Å². The molecule has 0 atom stereocenters. The molecule has 1 aromatic carbocycles. The maximum Gasteiger partial charge on any atom is 0.326 e. The van der Waals surface area contributed by atoms with Crippen molar-refractivity contribution in [3.8, 4) is 11.1 Å². The van der Waals surface area contributed by atoms with E-state index in [0.717, 1.165) is 16.0 Å². The standard InChI is InChI=1S/C19H19FN2O3S/c1-11(2)9-25-15(23)8-22-10-21-18-17(19(22)24)16(12(3)26-18)13-4-6-14(20)7-5-13/h4-7,10-11H,8-9H2,1-3H3. The molecule has 0 fully saturated rings. The maximum atomic E-state index is 13.2. The van der Waals surface area contributed by atoms with Gasteiger partial charge in [0, 0.05) is 10.4 Å². The van der Waals surface area contributed by atoms with Crippen LogP contribution in [0.4, 0.5) is 4.39 Å². The molecule has 0 N–H and O–H groups in total. The summed E-state index contributed by atoms with van der Waals surface area (Å²) in [7, 11) is 0. The minimum atomic E-state index is -0.475. The van der Waals surface area contributed by atoms with E-state index in [2.05, 4.69) is 4.98 Å². The second-order valence-electron chi connectivity index (χ2n) is 6.47. The summed E-state index contributed by atoms with van der Waals surface area (Å²) in [5, 5.41) is 0.443. The lowest BCUT2D eigenvalue weighted by molar-refractivity contribution is -0.145. The molecule has 0 spiro atoms. The summed E-state index contributed by atoms with van der Waals surface area (Å²) < 4.78 is 19.6. The first-order valence-electron chi connectivity index (χ1n) is 8.27. The Balaban J connectivity index is 2.03. The number of aromatic nitrogens is 2. The first-order valence-corrected chi connectivity index (χ1v) is 9.08. The lowest BCUT2D eigenvalue weighted by Crippen LogP contribution is -2.26. The third-order valence-corrected chi connectivity index (χ3v) is 4.88. The predicted octanol–water partition coefficient (Wildman–Crippen LogP) is 3.77. The summed E-state index contributed by atoms with van der Waals surface area (Å²) in [6, 6.07) is 5.99. The van der Waals surface area contributed by atoms with Gasteiger partial charge in [-0.15, -0.1) is 11.3 Å². The molecule has 5 nitrogen and oxygen atoms in total. The van der Waals surface area contributed by atoms with Gasteiger partial charge in [0.1, 0.15) is 17.2 Å². The number of hydrogen-bond donors (Lipinski definition) is 0. The molecular formula is C19H19FN2O3S. The SMILES string of the molecule is Cc1sc2ncn(CC(=O)OCC(C)C)c(=O)c2c1-c1ccc(F)cc1. The van der Waals surface area contributed by atoms with Crippen molar-refractivity contribution in [2.24, 2.45) is 5.92 Å². The molecule has 3 rings (SSSR count). The highest BCUT2D eigenvalue weighted by Crippen LogP contribution is 2.35. The number of benzene rings is 1. The molecule has 0 amide bonds. The van der Waals surface area contributed by atoms with Gasteiger partial charge in [-0.05, 0) is 30.5 Å². The van der Waals surface area contributed by atoms with Crippen molar-refractivity contribution in [1.82, 2.24) is 9.55 Å². The van der Waals surface area contributed by atoms with E-state index in [1.54, 1.807) is 12.1 Å². The van der Waals surface area contributed by atoms with E-state index in [1.807, 2.05) is 20.8 Å². The molecule has 0 bridgehead atoms. The zero-order valence-corrected chi connectivity index (χ0v) is 15.6. The van der Waals surface area contributed by atoms with Crippen molar-refractivity contribution in [2.75, 3.05) is 6.61 Å². The Kier molecular flexibility index (Phi) is 5.18. The molecule has 2 aromatic heterocycles. The van der Waals surface area contributed by atoms with Crippen LogP contribution < -0.4 is 5.56 Å². The van der Waals surface area contributed by atoms with Crippen LogP contribution in [0.15, 0.2) is 35.4 Å². The first kappa shape index (κ1) is 18.3. The summed E-state index contributed by atoms with van der Waals surface area (Å²) in [6.07, 6.45) is 1.37. The summed E-state index contributed by atoms with van der Waals surface area (Å²) >= 11 is 1.40. The number of rotatable bonds is 5. The Morgan fingerprint density at radius 1 is 1.31 bits per heavy atom. The fourth-order valence-electron chi connectivity index (χ4n) is 2.66. The molecule has 26 heavy (non-hydrogen) atoms. The topological polar surface area (TPSA) is 61.2 Å². The maximum absolute atomic E-state index is 13.2. The van der Waals surface area contributed by atoms with Gasteiger partial charge in [-0.2, -0.15) is 0 Å². The molecule has 0 saturated heterocycles. The van der Waals surface area contributed by atoms with E-state index in [-0.39, 0.29) is 23.8 Å². The van der Waals surface area contributed by atoms with Gasteiger partial charge in [0.2, 0.25) is 0 Å². The van der Waals surface area contributed by atoms with Crippen molar-refractivity contribution in [2.45, 2.75) is 27.3 Å². The van der Waals surface area contributed by atoms with Crippen LogP contribution in [-0.4, -0.2) is 22.1 Å². The Bertz CT molecular complexity index is 1010. The highest BCUT2D eigenvalue weighted by atomic mass is 32.1. The molecule has 7 heteroatoms. The molecule has 0 unspecified atom stereocenters. The number of fused-ring (bicyclic) bond motifs is 1. The van der Waals surface area contributed by atoms with E-state index in [0.29, 0.717) is 16.8 Å². The molecule has 0 aliphatic carbocycles. The number of hydrogen-bond acceptors (Lipinski definition) is 5. The van der Waals surface area contributed by atoms with Crippen molar-refractivity contribution < 1.29 is 13.9 Å². The van der Waals surface area contributed by atoms with Crippen LogP contribution >= 0.6 is 11.3 Å². The van der Waals surface area contributed by atoms with Crippen LogP contribution in [0.5, 0.6) is 0 Å². The minimum absolute atomic E-state index is 0.188. The lowest BCUT2D eigenvalue weighted by Gasteiger charge is -2.09. The zero-order valence-electron chi connectivity index (χ0n) is 14.8. The van der Waals surface area contributed by atoms with Gasteiger partial charge >= 0.3 is 5.97 Å². The molecule has 2 heterocycles. The quantitative estimate of drug-likeness (QED) is 0.638. The van der Waals surface area contributed by atoms with Crippen LogP contribution in [-0.2, 0) is 16.1 Å². The molecule has 0 radical (unpaired) electrons. The van der Waals surface area contributed by atoms with Gasteiger partial charge in [0.15, 0.2) is 0 Å². The summed E-state index contributed by atoms with van der Waals surface area (Å²) in [5.41, 5.74) is 1.17. The second kappa shape index (κ2) is 7.37. The summed E-state index contributed by atoms with van der Waals surface area (Å²) in [5.74, 6) is -0.590. The molecule has 3 aromatic rings. The van der Waals surface area contributed by atoms with Crippen LogP contribution in [0.2, 0.25) is 0 Å². The fourth-order valence-corrected chi connectivity index (χ4v) is 3.66. The molecule has 136 valence electrons. The fraction of sp³-hybridized carbons (Fsp3) is 0.316. The van der Waals surface area contributed by atoms with Gasteiger partial charge in [-0.25, -0.2) is 9.37 Å². The average molecular weight is 374 g/mol. The van der Waals surface area contributed by atoms with Gasteiger partial charge in [0.25, 0.3) is 5.56 Å². The zero-order chi connectivity index (χ0) is 18.8. The number of carbonyl (C=O) groups excluding carboxylic acids is 1. The number of esters is 1. The van der Waals surface area contributed by atoms with Crippen LogP contribution in [0.25, 0.3) is 21.3 Å². The Labute approximate surface area is 154 Å². The first-order chi connectivity index (χ1) is 12.4. The third-order valence-electron chi connectivity index (χ3n) is 3.86. The Morgan fingerprint density at radius 2 is 2.00 bits per heavy atom. The smallest absolute Gasteiger partial charge is 0.326 e. The molecule has 0 aliphatic heterocycles. The van der Waals surface area contributed by atoms with Crippen LogP contribution in [0, 0.1) is 18.7 Å². The lowest BCUT2D eigenvalue weighted by atomic mass is 10.0. The van der Waals surface area contributed by atoms with Crippen molar-refractivity contribution >= 4 is 27.5 Å². The van der Waals surface area contributed by atoms with Crippen LogP contribution in [0.1, 0.15) is 18.7 Å². The average Bonchev–Trinajstić information content (AvgIpc) is 2.93. The predicted molar refractivity (Wildman–Crippen MR) is 99.8 cm³/mol. The number of thiophene rings is 1. The van der Waals surface area contributed by atoms with Gasteiger partial charge in [-0.1, -0.05) is 26.0 Å². The summed E-state index contributed by atoms with van der Waals surface area (Å²) in [4.78, 5) is 30.7. The number of halogens is 1. The van der Waals surface area contributed by atoms with E-state index >= 15 is 0 Å². The van der Waals surface area contributed by atoms with Crippen molar-refractivity contribution in [3.63, 3.8) is 0 Å². The Morgan fingerprint density at radius 3 is 2.65 bits per heavy atom. The third kappa shape index (κ3) is 3.67. The van der Waals surface area contributed by atoms with E-state index in [1.165, 1.54) is 34.4 Å².